The summed E-state index contributed by atoms with van der Waals surface area (Å²) < 4.78 is 0. The van der Waals surface area contributed by atoms with E-state index in [1.165, 1.54) is 0 Å². The second-order valence-electron chi connectivity index (χ2n) is 4.72. The SMILES string of the molecule is CN1CCN(c2nc(=O)[nH]c3c2CNC3)CC1. The minimum atomic E-state index is -0.235. The number of rotatable bonds is 1. The number of aromatic amines is 1. The summed E-state index contributed by atoms with van der Waals surface area (Å²) in [6, 6.07) is 0. The van der Waals surface area contributed by atoms with E-state index in [0.717, 1.165) is 56.3 Å². The average Bonchev–Trinajstić information content (AvgIpc) is 2.77. The van der Waals surface area contributed by atoms with Crippen molar-refractivity contribution < 1.29 is 0 Å². The Morgan fingerprint density at radius 3 is 2.71 bits per heavy atom. The molecule has 2 aliphatic rings. The molecule has 3 heterocycles. The first-order valence-corrected chi connectivity index (χ1v) is 6.00. The molecule has 1 aromatic heterocycles. The molecule has 0 atom stereocenters. The minimum absolute atomic E-state index is 0.235. The molecule has 0 radical (unpaired) electrons. The van der Waals surface area contributed by atoms with Crippen molar-refractivity contribution in [2.45, 2.75) is 13.1 Å². The number of hydrogen-bond acceptors (Lipinski definition) is 5. The van der Waals surface area contributed by atoms with Crippen LogP contribution in [0.3, 0.4) is 0 Å². The zero-order valence-corrected chi connectivity index (χ0v) is 9.99. The van der Waals surface area contributed by atoms with Gasteiger partial charge in [0.05, 0.1) is 0 Å². The van der Waals surface area contributed by atoms with Crippen LogP contribution in [0.5, 0.6) is 0 Å². The molecule has 0 bridgehead atoms. The van der Waals surface area contributed by atoms with Gasteiger partial charge in [-0.05, 0) is 7.05 Å². The summed E-state index contributed by atoms with van der Waals surface area (Å²) in [5.74, 6) is 0.877. The summed E-state index contributed by atoms with van der Waals surface area (Å²) in [5, 5.41) is 3.26. The zero-order chi connectivity index (χ0) is 11.8. The summed E-state index contributed by atoms with van der Waals surface area (Å²) in [6.07, 6.45) is 0. The number of nitrogens with one attached hydrogen (secondary N) is 2. The molecule has 1 aromatic rings. The van der Waals surface area contributed by atoms with Crippen LogP contribution in [0.15, 0.2) is 4.79 Å². The van der Waals surface area contributed by atoms with Crippen LogP contribution in [0.25, 0.3) is 0 Å². The predicted octanol–water partition coefficient (Wildman–Crippen LogP) is -0.875. The van der Waals surface area contributed by atoms with Crippen molar-refractivity contribution in [3.63, 3.8) is 0 Å². The van der Waals surface area contributed by atoms with E-state index < -0.39 is 0 Å². The number of fused-ring (bicyclic) bond motifs is 1. The third kappa shape index (κ3) is 1.94. The Hall–Kier alpha value is -1.40. The lowest BCUT2D eigenvalue weighted by atomic mass is 10.2. The highest BCUT2D eigenvalue weighted by atomic mass is 16.1. The molecule has 1 saturated heterocycles. The third-order valence-corrected chi connectivity index (χ3v) is 3.51. The molecule has 2 N–H and O–H groups in total. The fraction of sp³-hybridized carbons (Fsp3) is 0.636. The lowest BCUT2D eigenvalue weighted by Gasteiger charge is -2.33. The molecule has 1 fully saturated rings. The van der Waals surface area contributed by atoms with Crippen LogP contribution in [-0.4, -0.2) is 48.1 Å². The number of hydrogen-bond donors (Lipinski definition) is 2. The van der Waals surface area contributed by atoms with E-state index in [1.54, 1.807) is 0 Å². The number of aromatic nitrogens is 2. The lowest BCUT2D eigenvalue weighted by Crippen LogP contribution is -2.45. The quantitative estimate of drug-likeness (QED) is 0.662. The zero-order valence-electron chi connectivity index (χ0n) is 9.99. The van der Waals surface area contributed by atoms with Gasteiger partial charge in [0.2, 0.25) is 0 Å². The summed E-state index contributed by atoms with van der Waals surface area (Å²) in [4.78, 5) is 23.0. The maximum absolute atomic E-state index is 11.5. The molecule has 17 heavy (non-hydrogen) atoms. The van der Waals surface area contributed by atoms with Crippen LogP contribution in [0, 0.1) is 0 Å². The van der Waals surface area contributed by atoms with Crippen LogP contribution in [-0.2, 0) is 13.1 Å². The Morgan fingerprint density at radius 2 is 1.94 bits per heavy atom. The molecule has 0 spiro atoms. The van der Waals surface area contributed by atoms with Crippen molar-refractivity contribution in [3.8, 4) is 0 Å². The van der Waals surface area contributed by atoms with Gasteiger partial charge in [-0.1, -0.05) is 0 Å². The van der Waals surface area contributed by atoms with Crippen molar-refractivity contribution >= 4 is 5.82 Å². The van der Waals surface area contributed by atoms with Gasteiger partial charge in [-0.3, -0.25) is 0 Å². The monoisotopic (exact) mass is 235 g/mol. The summed E-state index contributed by atoms with van der Waals surface area (Å²) >= 11 is 0. The molecule has 3 rings (SSSR count). The van der Waals surface area contributed by atoms with Crippen LogP contribution < -0.4 is 15.9 Å². The summed E-state index contributed by atoms with van der Waals surface area (Å²) in [5.41, 5.74) is 1.93. The van der Waals surface area contributed by atoms with E-state index >= 15 is 0 Å². The van der Waals surface area contributed by atoms with E-state index in [2.05, 4.69) is 32.1 Å². The van der Waals surface area contributed by atoms with E-state index in [1.807, 2.05) is 0 Å². The Kier molecular flexibility index (Phi) is 2.60. The van der Waals surface area contributed by atoms with Crippen molar-refractivity contribution in [2.75, 3.05) is 38.1 Å². The van der Waals surface area contributed by atoms with Gasteiger partial charge in [-0.25, -0.2) is 4.79 Å². The Balaban J connectivity index is 1.95. The first kappa shape index (κ1) is 10.7. The lowest BCUT2D eigenvalue weighted by molar-refractivity contribution is 0.311. The second kappa shape index (κ2) is 4.12. The Labute approximate surface area is 99.6 Å². The smallest absolute Gasteiger partial charge is 0.347 e. The topological polar surface area (TPSA) is 64.3 Å². The van der Waals surface area contributed by atoms with Crippen molar-refractivity contribution in [1.82, 2.24) is 20.2 Å². The van der Waals surface area contributed by atoms with E-state index in [9.17, 15) is 4.79 Å². The van der Waals surface area contributed by atoms with Gasteiger partial charge >= 0.3 is 5.69 Å². The van der Waals surface area contributed by atoms with Gasteiger partial charge in [0.1, 0.15) is 5.82 Å². The van der Waals surface area contributed by atoms with Gasteiger partial charge < -0.3 is 20.1 Å². The molecule has 6 heteroatoms. The first-order chi connectivity index (χ1) is 8.24. The number of anilines is 1. The molecule has 0 unspecified atom stereocenters. The molecule has 0 aromatic carbocycles. The normalized spacial score (nSPS) is 20.6. The standard InChI is InChI=1S/C11H17N5O/c1-15-2-4-16(5-3-15)10-8-6-12-7-9(8)13-11(17)14-10/h12H,2-7H2,1H3,(H,13,14,17). The van der Waals surface area contributed by atoms with Gasteiger partial charge in [0, 0.05) is 50.5 Å². The van der Waals surface area contributed by atoms with Crippen LogP contribution in [0.2, 0.25) is 0 Å². The summed E-state index contributed by atoms with van der Waals surface area (Å²) in [6.45, 7) is 5.49. The van der Waals surface area contributed by atoms with Gasteiger partial charge in [-0.2, -0.15) is 4.98 Å². The molecule has 0 aliphatic carbocycles. The average molecular weight is 235 g/mol. The van der Waals surface area contributed by atoms with Crippen LogP contribution in [0.4, 0.5) is 5.82 Å². The molecular formula is C11H17N5O. The number of nitrogens with zero attached hydrogens (tertiary/aromatic N) is 3. The maximum Gasteiger partial charge on any atom is 0.347 e. The van der Waals surface area contributed by atoms with Crippen molar-refractivity contribution in [3.05, 3.63) is 21.7 Å². The minimum Gasteiger partial charge on any atom is -0.354 e. The molecule has 0 amide bonds. The van der Waals surface area contributed by atoms with E-state index in [4.69, 9.17) is 0 Å². The largest absolute Gasteiger partial charge is 0.354 e. The van der Waals surface area contributed by atoms with Crippen LogP contribution >= 0.6 is 0 Å². The van der Waals surface area contributed by atoms with E-state index in [0.29, 0.717) is 0 Å². The van der Waals surface area contributed by atoms with Crippen molar-refractivity contribution in [1.29, 1.82) is 0 Å². The number of likely N-dealkylation sites (N-methyl/N-ethyl adjacent to an activating group) is 1. The number of piperazine rings is 1. The highest BCUT2D eigenvalue weighted by Gasteiger charge is 2.23. The molecule has 2 aliphatic heterocycles. The van der Waals surface area contributed by atoms with Gasteiger partial charge in [0.15, 0.2) is 0 Å². The Morgan fingerprint density at radius 1 is 1.18 bits per heavy atom. The van der Waals surface area contributed by atoms with E-state index in [-0.39, 0.29) is 5.69 Å². The molecule has 92 valence electrons. The highest BCUT2D eigenvalue weighted by Crippen LogP contribution is 2.23. The predicted molar refractivity (Wildman–Crippen MR) is 65.1 cm³/mol. The first-order valence-electron chi connectivity index (χ1n) is 6.00. The van der Waals surface area contributed by atoms with Crippen molar-refractivity contribution in [2.24, 2.45) is 0 Å². The molecule has 6 nitrogen and oxygen atoms in total. The number of H-pyrrole nitrogens is 1. The molecule has 0 saturated carbocycles. The van der Waals surface area contributed by atoms with Gasteiger partial charge in [0.25, 0.3) is 0 Å². The maximum atomic E-state index is 11.5. The third-order valence-electron chi connectivity index (χ3n) is 3.51. The fourth-order valence-electron chi connectivity index (χ4n) is 2.46. The van der Waals surface area contributed by atoms with Crippen LogP contribution in [0.1, 0.15) is 11.3 Å². The van der Waals surface area contributed by atoms with Gasteiger partial charge in [-0.15, -0.1) is 0 Å². The fourth-order valence-corrected chi connectivity index (χ4v) is 2.46. The molecular weight excluding hydrogens is 218 g/mol. The second-order valence-corrected chi connectivity index (χ2v) is 4.72. The highest BCUT2D eigenvalue weighted by molar-refractivity contribution is 5.50. The Bertz CT molecular complexity index is 475. The summed E-state index contributed by atoms with van der Waals surface area (Å²) in [7, 11) is 2.12.